The van der Waals surface area contributed by atoms with Crippen LogP contribution in [0.25, 0.3) is 22.3 Å². The van der Waals surface area contributed by atoms with Crippen LogP contribution in [0.2, 0.25) is 0 Å². The quantitative estimate of drug-likeness (QED) is 0.104. The van der Waals surface area contributed by atoms with E-state index in [4.69, 9.17) is 4.74 Å². The highest BCUT2D eigenvalue weighted by molar-refractivity contribution is 14.1. The van der Waals surface area contributed by atoms with E-state index >= 15 is 0 Å². The summed E-state index contributed by atoms with van der Waals surface area (Å²) < 4.78 is 11.9. The molecule has 0 spiro atoms. The monoisotopic (exact) mass is 905 g/mol. The van der Waals surface area contributed by atoms with E-state index in [9.17, 15) is 9.59 Å². The zero-order valence-electron chi connectivity index (χ0n) is 27.1. The van der Waals surface area contributed by atoms with Gasteiger partial charge in [-0.3, -0.25) is 9.59 Å². The van der Waals surface area contributed by atoms with E-state index in [1.165, 1.54) is 24.8 Å². The van der Waals surface area contributed by atoms with Gasteiger partial charge in [0, 0.05) is 19.3 Å². The van der Waals surface area contributed by atoms with Crippen molar-refractivity contribution < 1.29 is 14.3 Å². The first kappa shape index (κ1) is 34.3. The second-order valence-corrected chi connectivity index (χ2v) is 14.0. The number of anilines is 2. The Hall–Kier alpha value is -5.11. The van der Waals surface area contributed by atoms with E-state index < -0.39 is 11.8 Å². The molecule has 0 saturated heterocycles. The third-order valence-electron chi connectivity index (χ3n) is 7.78. The van der Waals surface area contributed by atoms with Crippen molar-refractivity contribution in [1.82, 2.24) is 44.0 Å². The minimum atomic E-state index is -0.601. The summed E-state index contributed by atoms with van der Waals surface area (Å²) >= 11 is 4.54. The van der Waals surface area contributed by atoms with Crippen molar-refractivity contribution >= 4 is 91.0 Å². The minimum absolute atomic E-state index is 0.0474. The normalized spacial score (nSPS) is 11.2. The third kappa shape index (κ3) is 7.95. The average molecular weight is 905 g/mol. The number of carbonyl (C=O) groups excluding carboxylic acids is 2. The van der Waals surface area contributed by atoms with Gasteiger partial charge in [-0.25, -0.2) is 34.9 Å². The Labute approximate surface area is 318 Å². The number of carbonyl (C=O) groups is 2. The fourth-order valence-electron chi connectivity index (χ4n) is 5.34. The summed E-state index contributed by atoms with van der Waals surface area (Å²) in [5.41, 5.74) is 4.01. The van der Waals surface area contributed by atoms with Crippen LogP contribution < -0.4 is 15.4 Å². The molecule has 0 aliphatic heterocycles. The largest absolute Gasteiger partial charge is 0.493 e. The van der Waals surface area contributed by atoms with Crippen LogP contribution in [-0.2, 0) is 13.1 Å². The molecular formula is C35H29I2N11O3. The van der Waals surface area contributed by atoms with Crippen LogP contribution in [0, 0.1) is 7.14 Å². The van der Waals surface area contributed by atoms with Gasteiger partial charge in [0.25, 0.3) is 11.8 Å². The number of unbranched alkanes of at least 4 members (excludes halogenated alkanes) is 1. The Morgan fingerprint density at radius 1 is 0.706 bits per heavy atom. The van der Waals surface area contributed by atoms with E-state index in [1.54, 1.807) is 12.7 Å². The summed E-state index contributed by atoms with van der Waals surface area (Å²) in [6.07, 6.45) is 7.75. The lowest BCUT2D eigenvalue weighted by atomic mass is 10.2. The van der Waals surface area contributed by atoms with Crippen LogP contribution in [-0.4, -0.2) is 62.4 Å². The highest BCUT2D eigenvalue weighted by Crippen LogP contribution is 2.23. The molecule has 0 saturated carbocycles. The summed E-state index contributed by atoms with van der Waals surface area (Å²) in [5, 5.41) is 5.59. The second-order valence-electron chi connectivity index (χ2n) is 11.5. The third-order valence-corrected chi connectivity index (χ3v) is 9.12. The van der Waals surface area contributed by atoms with Crippen LogP contribution in [0.4, 0.5) is 11.6 Å². The molecule has 0 aliphatic rings. The smallest absolute Gasteiger partial charge is 0.275 e. The number of aromatic nitrogens is 9. The first-order chi connectivity index (χ1) is 24.8. The zero-order chi connectivity index (χ0) is 35.3. The molecule has 51 heavy (non-hydrogen) atoms. The molecule has 2 aromatic carbocycles. The van der Waals surface area contributed by atoms with Crippen LogP contribution in [0.5, 0.6) is 5.75 Å². The fraction of sp³-hybridized carbons (Fsp3) is 0.171. The lowest BCUT2D eigenvalue weighted by Crippen LogP contribution is -2.20. The summed E-state index contributed by atoms with van der Waals surface area (Å²) in [5.74, 6) is -0.467. The maximum atomic E-state index is 13.7. The molecule has 2 N–H and O–H groups in total. The number of rotatable bonds is 12. The zero-order valence-corrected chi connectivity index (χ0v) is 31.4. The molecule has 0 fully saturated rings. The van der Waals surface area contributed by atoms with Crippen molar-refractivity contribution in [3.8, 4) is 5.75 Å². The van der Waals surface area contributed by atoms with Gasteiger partial charge in [0.05, 0.1) is 32.4 Å². The number of pyridine rings is 1. The molecule has 16 heteroatoms. The number of halogens is 2. The van der Waals surface area contributed by atoms with Gasteiger partial charge in [0.2, 0.25) is 0 Å². The Morgan fingerprint density at radius 2 is 1.22 bits per heavy atom. The van der Waals surface area contributed by atoms with Crippen LogP contribution in [0.15, 0.2) is 86.0 Å². The standard InChI is InChI=1S/C35H29I2N11O3/c1-2-3-10-51-25-13-26(34(49)45-30-28-32(40-17-38-30)47(19-42-28)15-21-6-4-8-23(36)11-21)44-27(14-25)35(50)46-31-29-33(41-18-39-31)48(20-43-29)16-22-7-5-9-24(37)12-22/h4-9,11-14,17-20H,2-3,10,15-16H2,1H3,(H,38,40,45,49)(H,39,41,46,50). The van der Waals surface area contributed by atoms with E-state index in [0.717, 1.165) is 31.1 Å². The highest BCUT2D eigenvalue weighted by Gasteiger charge is 2.21. The molecule has 256 valence electrons. The molecule has 7 aromatic rings. The van der Waals surface area contributed by atoms with Crippen LogP contribution in [0.1, 0.15) is 51.9 Å². The predicted molar refractivity (Wildman–Crippen MR) is 208 cm³/mol. The maximum absolute atomic E-state index is 13.7. The van der Waals surface area contributed by atoms with Crippen molar-refractivity contribution in [2.45, 2.75) is 32.9 Å². The number of hydrogen-bond donors (Lipinski definition) is 2. The Balaban J connectivity index is 1.14. The van der Waals surface area contributed by atoms with Gasteiger partial charge in [-0.2, -0.15) is 0 Å². The number of amides is 2. The highest BCUT2D eigenvalue weighted by atomic mass is 127. The number of benzene rings is 2. The lowest BCUT2D eigenvalue weighted by Gasteiger charge is -2.11. The average Bonchev–Trinajstić information content (AvgIpc) is 3.73. The van der Waals surface area contributed by atoms with E-state index in [1.807, 2.05) is 52.5 Å². The van der Waals surface area contributed by atoms with Crippen molar-refractivity contribution in [3.05, 3.63) is 116 Å². The molecule has 0 atom stereocenters. The van der Waals surface area contributed by atoms with Crippen LogP contribution in [0.3, 0.4) is 0 Å². The summed E-state index contributed by atoms with van der Waals surface area (Å²) in [6, 6.07) is 19.2. The van der Waals surface area contributed by atoms with E-state index in [0.29, 0.717) is 47.8 Å². The Kier molecular flexibility index (Phi) is 10.4. The number of nitrogens with one attached hydrogen (secondary N) is 2. The molecular weight excluding hydrogens is 876 g/mol. The van der Waals surface area contributed by atoms with Crippen molar-refractivity contribution in [2.24, 2.45) is 0 Å². The fourth-order valence-corrected chi connectivity index (χ4v) is 6.55. The summed E-state index contributed by atoms with van der Waals surface area (Å²) in [6.45, 7) is 3.53. The molecule has 0 radical (unpaired) electrons. The predicted octanol–water partition coefficient (Wildman–Crippen LogP) is 6.35. The summed E-state index contributed by atoms with van der Waals surface area (Å²) in [7, 11) is 0. The molecule has 7 rings (SSSR count). The van der Waals surface area contributed by atoms with E-state index in [2.05, 4.69) is 103 Å². The van der Waals surface area contributed by atoms with Gasteiger partial charge in [0.15, 0.2) is 34.0 Å². The number of fused-ring (bicyclic) bond motifs is 2. The first-order valence-corrected chi connectivity index (χ1v) is 18.1. The number of imidazole rings is 2. The molecule has 5 aromatic heterocycles. The van der Waals surface area contributed by atoms with Crippen molar-refractivity contribution in [3.63, 3.8) is 0 Å². The van der Waals surface area contributed by atoms with Crippen molar-refractivity contribution in [1.29, 1.82) is 0 Å². The van der Waals surface area contributed by atoms with Crippen molar-refractivity contribution in [2.75, 3.05) is 17.2 Å². The SMILES string of the molecule is CCCCOc1cc(C(=O)Nc2ncnc3c2ncn3Cc2cccc(I)c2)nc(C(=O)Nc2ncnc3c2ncn3Cc2cccc(I)c2)c1. The van der Waals surface area contributed by atoms with E-state index in [-0.39, 0.29) is 23.0 Å². The van der Waals surface area contributed by atoms with Gasteiger partial charge in [-0.05, 0) is 87.0 Å². The Morgan fingerprint density at radius 3 is 1.69 bits per heavy atom. The molecule has 5 heterocycles. The molecule has 0 aliphatic carbocycles. The number of hydrogen-bond acceptors (Lipinski definition) is 10. The second kappa shape index (κ2) is 15.4. The van der Waals surface area contributed by atoms with Crippen LogP contribution >= 0.6 is 45.2 Å². The lowest BCUT2D eigenvalue weighted by molar-refractivity contribution is 0.101. The molecule has 14 nitrogen and oxygen atoms in total. The number of nitrogens with zero attached hydrogens (tertiary/aromatic N) is 9. The van der Waals surface area contributed by atoms with Gasteiger partial charge in [0.1, 0.15) is 29.8 Å². The van der Waals surface area contributed by atoms with Gasteiger partial charge in [-0.1, -0.05) is 37.6 Å². The minimum Gasteiger partial charge on any atom is -0.493 e. The molecule has 0 unspecified atom stereocenters. The molecule has 2 amide bonds. The van der Waals surface area contributed by atoms with Gasteiger partial charge < -0.3 is 24.5 Å². The van der Waals surface area contributed by atoms with Gasteiger partial charge >= 0.3 is 0 Å². The Bertz CT molecular complexity index is 2240. The topological polar surface area (TPSA) is 168 Å². The number of ether oxygens (including phenoxy) is 1. The molecule has 0 bridgehead atoms. The first-order valence-electron chi connectivity index (χ1n) is 15.9. The maximum Gasteiger partial charge on any atom is 0.275 e. The summed E-state index contributed by atoms with van der Waals surface area (Å²) in [4.78, 5) is 58.1. The van der Waals surface area contributed by atoms with Gasteiger partial charge in [-0.15, -0.1) is 0 Å².